The van der Waals surface area contributed by atoms with E-state index >= 15 is 0 Å². The lowest BCUT2D eigenvalue weighted by molar-refractivity contribution is 0.359. The van der Waals surface area contributed by atoms with Crippen molar-refractivity contribution in [2.45, 2.75) is 39.3 Å². The standard InChI is InChI=1S/C15H18BrF2N3/c1-8(19)10-7-20-21(15(2,3)4)14(10)9-5-12(17)13(18)6-11(9)16/h5-8H,19H2,1-4H3/t8-/m1/s1. The molecule has 0 aliphatic heterocycles. The van der Waals surface area contributed by atoms with Crippen molar-refractivity contribution in [3.05, 3.63) is 40.0 Å². The fourth-order valence-electron chi connectivity index (χ4n) is 2.18. The van der Waals surface area contributed by atoms with E-state index in [2.05, 4.69) is 21.0 Å². The number of aromatic nitrogens is 2. The summed E-state index contributed by atoms with van der Waals surface area (Å²) in [6.45, 7) is 7.80. The van der Waals surface area contributed by atoms with Crippen LogP contribution in [0.15, 0.2) is 22.8 Å². The molecule has 0 radical (unpaired) electrons. The van der Waals surface area contributed by atoms with Crippen LogP contribution in [0.3, 0.4) is 0 Å². The second kappa shape index (κ2) is 5.50. The summed E-state index contributed by atoms with van der Waals surface area (Å²) in [6.07, 6.45) is 1.68. The monoisotopic (exact) mass is 357 g/mol. The van der Waals surface area contributed by atoms with E-state index in [1.165, 1.54) is 6.07 Å². The Morgan fingerprint density at radius 2 is 1.81 bits per heavy atom. The van der Waals surface area contributed by atoms with E-state index in [1.807, 2.05) is 27.7 Å². The molecule has 0 spiro atoms. The van der Waals surface area contributed by atoms with Gasteiger partial charge in [0.2, 0.25) is 0 Å². The molecule has 21 heavy (non-hydrogen) atoms. The molecule has 0 aliphatic rings. The van der Waals surface area contributed by atoms with E-state index in [0.29, 0.717) is 15.7 Å². The summed E-state index contributed by atoms with van der Waals surface area (Å²) in [5.41, 5.74) is 7.70. The van der Waals surface area contributed by atoms with Gasteiger partial charge in [0.1, 0.15) is 0 Å². The van der Waals surface area contributed by atoms with E-state index in [-0.39, 0.29) is 11.6 Å². The predicted molar refractivity (Wildman–Crippen MR) is 82.9 cm³/mol. The first-order chi connectivity index (χ1) is 9.62. The molecule has 0 fully saturated rings. The minimum Gasteiger partial charge on any atom is -0.324 e. The van der Waals surface area contributed by atoms with Crippen molar-refractivity contribution in [1.82, 2.24) is 9.78 Å². The maximum Gasteiger partial charge on any atom is 0.159 e. The topological polar surface area (TPSA) is 43.8 Å². The molecule has 1 atom stereocenters. The largest absolute Gasteiger partial charge is 0.324 e. The van der Waals surface area contributed by atoms with E-state index in [0.717, 1.165) is 11.6 Å². The smallest absolute Gasteiger partial charge is 0.159 e. The van der Waals surface area contributed by atoms with Gasteiger partial charge in [-0.05, 0) is 55.8 Å². The molecule has 3 nitrogen and oxygen atoms in total. The van der Waals surface area contributed by atoms with Crippen LogP contribution in [0.5, 0.6) is 0 Å². The van der Waals surface area contributed by atoms with Gasteiger partial charge in [-0.15, -0.1) is 0 Å². The molecule has 1 heterocycles. The molecule has 2 N–H and O–H groups in total. The van der Waals surface area contributed by atoms with Gasteiger partial charge in [0.05, 0.1) is 17.4 Å². The average molecular weight is 358 g/mol. The lowest BCUT2D eigenvalue weighted by atomic mass is 10.0. The zero-order valence-corrected chi connectivity index (χ0v) is 14.0. The second-order valence-corrected chi connectivity index (χ2v) is 6.92. The van der Waals surface area contributed by atoms with Crippen LogP contribution in [0.1, 0.15) is 39.3 Å². The van der Waals surface area contributed by atoms with E-state index in [9.17, 15) is 8.78 Å². The highest BCUT2D eigenvalue weighted by molar-refractivity contribution is 9.10. The molecule has 0 aliphatic carbocycles. The molecule has 0 saturated carbocycles. The Hall–Kier alpha value is -1.27. The third kappa shape index (κ3) is 3.01. The Labute approximate surface area is 131 Å². The van der Waals surface area contributed by atoms with Crippen LogP contribution in [0, 0.1) is 11.6 Å². The van der Waals surface area contributed by atoms with Crippen LogP contribution in [-0.4, -0.2) is 9.78 Å². The quantitative estimate of drug-likeness (QED) is 0.811. The minimum absolute atomic E-state index is 0.267. The molecule has 0 bridgehead atoms. The minimum atomic E-state index is -0.898. The molecule has 2 rings (SSSR count). The third-order valence-electron chi connectivity index (χ3n) is 3.19. The molecular formula is C15H18BrF2N3. The molecule has 0 saturated heterocycles. The first-order valence-electron chi connectivity index (χ1n) is 6.62. The lowest BCUT2D eigenvalue weighted by Gasteiger charge is -2.24. The van der Waals surface area contributed by atoms with Crippen LogP contribution in [-0.2, 0) is 5.54 Å². The van der Waals surface area contributed by atoms with E-state index < -0.39 is 11.6 Å². The number of hydrogen-bond acceptors (Lipinski definition) is 2. The molecule has 0 unspecified atom stereocenters. The normalized spacial score (nSPS) is 13.5. The Kier molecular flexibility index (Phi) is 4.22. The third-order valence-corrected chi connectivity index (χ3v) is 3.84. The molecule has 0 amide bonds. The van der Waals surface area contributed by atoms with Gasteiger partial charge in [0, 0.05) is 21.6 Å². The highest BCUT2D eigenvalue weighted by Gasteiger charge is 2.25. The molecular weight excluding hydrogens is 340 g/mol. The zero-order valence-electron chi connectivity index (χ0n) is 12.4. The fourth-order valence-corrected chi connectivity index (χ4v) is 2.68. The van der Waals surface area contributed by atoms with Gasteiger partial charge >= 0.3 is 0 Å². The number of nitrogens with zero attached hydrogens (tertiary/aromatic N) is 2. The summed E-state index contributed by atoms with van der Waals surface area (Å²) < 4.78 is 29.2. The summed E-state index contributed by atoms with van der Waals surface area (Å²) in [5, 5.41) is 4.38. The number of hydrogen-bond donors (Lipinski definition) is 1. The van der Waals surface area contributed by atoms with Crippen molar-refractivity contribution < 1.29 is 8.78 Å². The van der Waals surface area contributed by atoms with Crippen LogP contribution in [0.25, 0.3) is 11.3 Å². The summed E-state index contributed by atoms with van der Waals surface area (Å²) in [4.78, 5) is 0. The van der Waals surface area contributed by atoms with E-state index in [1.54, 1.807) is 10.9 Å². The number of halogens is 3. The second-order valence-electron chi connectivity index (χ2n) is 6.07. The van der Waals surface area contributed by atoms with Crippen molar-refractivity contribution in [3.63, 3.8) is 0 Å². The maximum atomic E-state index is 13.7. The Bertz CT molecular complexity index is 672. The van der Waals surface area contributed by atoms with Crippen LogP contribution in [0.2, 0.25) is 0 Å². The number of rotatable bonds is 2. The van der Waals surface area contributed by atoms with Crippen molar-refractivity contribution in [2.75, 3.05) is 0 Å². The predicted octanol–water partition coefficient (Wildman–Crippen LogP) is 4.37. The number of benzene rings is 1. The van der Waals surface area contributed by atoms with Crippen molar-refractivity contribution in [1.29, 1.82) is 0 Å². The van der Waals surface area contributed by atoms with Crippen LogP contribution >= 0.6 is 15.9 Å². The first-order valence-corrected chi connectivity index (χ1v) is 7.41. The molecule has 114 valence electrons. The van der Waals surface area contributed by atoms with Gasteiger partial charge in [0.15, 0.2) is 11.6 Å². The highest BCUT2D eigenvalue weighted by atomic mass is 79.9. The van der Waals surface area contributed by atoms with Crippen LogP contribution < -0.4 is 5.73 Å². The molecule has 1 aromatic carbocycles. The van der Waals surface area contributed by atoms with Crippen molar-refractivity contribution in [2.24, 2.45) is 5.73 Å². The van der Waals surface area contributed by atoms with Gasteiger partial charge in [-0.3, -0.25) is 4.68 Å². The molecule has 2 aromatic rings. The maximum absolute atomic E-state index is 13.7. The Morgan fingerprint density at radius 3 is 2.33 bits per heavy atom. The summed E-state index contributed by atoms with van der Waals surface area (Å²) in [6, 6.07) is 2.02. The average Bonchev–Trinajstić information content (AvgIpc) is 2.78. The summed E-state index contributed by atoms with van der Waals surface area (Å²) in [5.74, 6) is -1.79. The van der Waals surface area contributed by atoms with Gasteiger partial charge in [-0.1, -0.05) is 0 Å². The molecule has 6 heteroatoms. The summed E-state index contributed by atoms with van der Waals surface area (Å²) in [7, 11) is 0. The van der Waals surface area contributed by atoms with Crippen LogP contribution in [0.4, 0.5) is 8.78 Å². The van der Waals surface area contributed by atoms with Gasteiger partial charge < -0.3 is 5.73 Å². The lowest BCUT2D eigenvalue weighted by Crippen LogP contribution is -2.24. The SMILES string of the molecule is C[C@@H](N)c1cnn(C(C)(C)C)c1-c1cc(F)c(F)cc1Br. The summed E-state index contributed by atoms with van der Waals surface area (Å²) >= 11 is 3.30. The van der Waals surface area contributed by atoms with E-state index in [4.69, 9.17) is 5.73 Å². The molecule has 1 aromatic heterocycles. The first kappa shape index (κ1) is 16.1. The highest BCUT2D eigenvalue weighted by Crippen LogP contribution is 2.36. The van der Waals surface area contributed by atoms with Crippen molar-refractivity contribution in [3.8, 4) is 11.3 Å². The zero-order chi connectivity index (χ0) is 15.9. The van der Waals surface area contributed by atoms with Gasteiger partial charge in [0.25, 0.3) is 0 Å². The van der Waals surface area contributed by atoms with Gasteiger partial charge in [-0.2, -0.15) is 5.10 Å². The van der Waals surface area contributed by atoms with Crippen molar-refractivity contribution >= 4 is 15.9 Å². The number of nitrogens with two attached hydrogens (primary N) is 1. The fraction of sp³-hybridized carbons (Fsp3) is 0.400. The Morgan fingerprint density at radius 1 is 1.24 bits per heavy atom. The van der Waals surface area contributed by atoms with Gasteiger partial charge in [-0.25, -0.2) is 8.78 Å². The Balaban J connectivity index is 2.78.